The summed E-state index contributed by atoms with van der Waals surface area (Å²) in [6, 6.07) is 0. The lowest BCUT2D eigenvalue weighted by molar-refractivity contribution is -0.167. The van der Waals surface area contributed by atoms with E-state index in [1.165, 1.54) is 11.1 Å². The van der Waals surface area contributed by atoms with Gasteiger partial charge in [0.05, 0.1) is 18.4 Å². The van der Waals surface area contributed by atoms with Gasteiger partial charge >= 0.3 is 0 Å². The van der Waals surface area contributed by atoms with Crippen molar-refractivity contribution in [1.82, 2.24) is 10.2 Å². The van der Waals surface area contributed by atoms with Gasteiger partial charge in [-0.15, -0.1) is 0 Å². The molecule has 1 saturated heterocycles. The van der Waals surface area contributed by atoms with Crippen LogP contribution in [0, 0.1) is 12.8 Å². The van der Waals surface area contributed by atoms with Crippen molar-refractivity contribution in [3.63, 3.8) is 0 Å². The summed E-state index contributed by atoms with van der Waals surface area (Å²) in [4.78, 5) is 0. The van der Waals surface area contributed by atoms with Crippen molar-refractivity contribution in [3.8, 4) is 0 Å². The Morgan fingerprint density at radius 1 is 1.42 bits per heavy atom. The fraction of sp³-hybridized carbons (Fsp3) is 0.733. The Hall–Kier alpha value is -1.00. The van der Waals surface area contributed by atoms with E-state index in [0.29, 0.717) is 12.5 Å². The van der Waals surface area contributed by atoms with Crippen LogP contribution in [0.2, 0.25) is 0 Å². The van der Waals surface area contributed by atoms with Crippen molar-refractivity contribution in [2.75, 3.05) is 13.2 Å². The lowest BCUT2D eigenvalue weighted by Crippen LogP contribution is -2.36. The van der Waals surface area contributed by atoms with Crippen LogP contribution in [0.3, 0.4) is 0 Å². The number of ether oxygens (including phenoxy) is 2. The molecule has 2 unspecified atom stereocenters. The first-order chi connectivity index (χ1) is 9.06. The highest BCUT2D eigenvalue weighted by Gasteiger charge is 2.57. The van der Waals surface area contributed by atoms with E-state index in [0.717, 1.165) is 25.1 Å². The number of aryl methyl sites for hydroxylation is 1. The zero-order valence-corrected chi connectivity index (χ0v) is 12.2. The first kappa shape index (κ1) is 13.0. The van der Waals surface area contributed by atoms with Gasteiger partial charge in [0.25, 0.3) is 0 Å². The Bertz CT molecular complexity index is 495. The van der Waals surface area contributed by atoms with Crippen LogP contribution >= 0.6 is 0 Å². The summed E-state index contributed by atoms with van der Waals surface area (Å²) in [7, 11) is 0. The van der Waals surface area contributed by atoms with Crippen LogP contribution in [-0.2, 0) is 20.7 Å². The van der Waals surface area contributed by atoms with Crippen LogP contribution in [0.25, 0.3) is 0 Å². The second-order valence-electron chi connectivity index (χ2n) is 6.05. The number of rotatable bonds is 2. The molecule has 0 aromatic carbocycles. The van der Waals surface area contributed by atoms with Crippen molar-refractivity contribution in [2.45, 2.75) is 51.7 Å². The average molecular weight is 262 g/mol. The minimum atomic E-state index is -0.366. The SMILES string of the molecule is CCC1(C(C)C)OC2(CCOC2)c2nncc(C)c21. The topological polar surface area (TPSA) is 44.2 Å². The maximum atomic E-state index is 6.63. The van der Waals surface area contributed by atoms with Gasteiger partial charge in [-0.1, -0.05) is 20.8 Å². The van der Waals surface area contributed by atoms with Crippen LogP contribution < -0.4 is 0 Å². The second kappa shape index (κ2) is 4.25. The molecule has 0 N–H and O–H groups in total. The molecule has 4 nitrogen and oxygen atoms in total. The molecule has 1 aromatic heterocycles. The van der Waals surface area contributed by atoms with Crippen LogP contribution in [0.15, 0.2) is 6.20 Å². The van der Waals surface area contributed by atoms with Crippen molar-refractivity contribution >= 4 is 0 Å². The molecule has 104 valence electrons. The van der Waals surface area contributed by atoms with Gasteiger partial charge in [-0.2, -0.15) is 10.2 Å². The summed E-state index contributed by atoms with van der Waals surface area (Å²) < 4.78 is 12.2. The first-order valence-corrected chi connectivity index (χ1v) is 7.17. The third kappa shape index (κ3) is 1.59. The third-order valence-corrected chi connectivity index (χ3v) is 4.72. The molecule has 1 aromatic rings. The zero-order chi connectivity index (χ0) is 13.7. The summed E-state index contributed by atoms with van der Waals surface area (Å²) in [6.45, 7) is 10.1. The molecule has 0 bridgehead atoms. The molecule has 3 rings (SSSR count). The summed E-state index contributed by atoms with van der Waals surface area (Å²) in [5, 5.41) is 8.57. The van der Waals surface area contributed by atoms with Crippen LogP contribution in [0.4, 0.5) is 0 Å². The minimum absolute atomic E-state index is 0.247. The highest BCUT2D eigenvalue weighted by atomic mass is 16.6. The molecule has 2 aliphatic heterocycles. The highest BCUT2D eigenvalue weighted by Crippen LogP contribution is 2.55. The van der Waals surface area contributed by atoms with Crippen LogP contribution in [0.5, 0.6) is 0 Å². The van der Waals surface area contributed by atoms with Crippen LogP contribution in [0.1, 0.15) is 50.4 Å². The summed E-state index contributed by atoms with van der Waals surface area (Å²) in [5.41, 5.74) is 2.84. The quantitative estimate of drug-likeness (QED) is 0.822. The fourth-order valence-corrected chi connectivity index (χ4v) is 3.65. The third-order valence-electron chi connectivity index (χ3n) is 4.72. The molecule has 0 radical (unpaired) electrons. The van der Waals surface area contributed by atoms with Gasteiger partial charge in [-0.3, -0.25) is 0 Å². The second-order valence-corrected chi connectivity index (χ2v) is 6.05. The normalized spacial score (nSPS) is 33.3. The van der Waals surface area contributed by atoms with Gasteiger partial charge in [0.2, 0.25) is 0 Å². The van der Waals surface area contributed by atoms with Gasteiger partial charge in [0.15, 0.2) is 0 Å². The molecule has 19 heavy (non-hydrogen) atoms. The number of aromatic nitrogens is 2. The van der Waals surface area contributed by atoms with Crippen molar-refractivity contribution in [1.29, 1.82) is 0 Å². The first-order valence-electron chi connectivity index (χ1n) is 7.17. The van der Waals surface area contributed by atoms with E-state index < -0.39 is 0 Å². The van der Waals surface area contributed by atoms with Gasteiger partial charge in [-0.05, 0) is 24.8 Å². The van der Waals surface area contributed by atoms with Crippen molar-refractivity contribution in [2.24, 2.45) is 5.92 Å². The van der Waals surface area contributed by atoms with E-state index in [1.54, 1.807) is 0 Å². The monoisotopic (exact) mass is 262 g/mol. The van der Waals surface area contributed by atoms with Gasteiger partial charge in [-0.25, -0.2) is 0 Å². The van der Waals surface area contributed by atoms with E-state index in [1.807, 2.05) is 6.20 Å². The number of nitrogens with zero attached hydrogens (tertiary/aromatic N) is 2. The molecule has 0 amide bonds. The Morgan fingerprint density at radius 2 is 2.21 bits per heavy atom. The van der Waals surface area contributed by atoms with Gasteiger partial charge in [0, 0.05) is 18.6 Å². The van der Waals surface area contributed by atoms with Crippen LogP contribution in [-0.4, -0.2) is 23.4 Å². The Balaban J connectivity index is 2.24. The van der Waals surface area contributed by atoms with E-state index in [2.05, 4.69) is 37.9 Å². The highest BCUT2D eigenvalue weighted by molar-refractivity contribution is 5.41. The maximum Gasteiger partial charge on any atom is 0.139 e. The lowest BCUT2D eigenvalue weighted by Gasteiger charge is -2.36. The summed E-state index contributed by atoms with van der Waals surface area (Å²) in [5.74, 6) is 0.402. The van der Waals surface area contributed by atoms with E-state index in [4.69, 9.17) is 9.47 Å². The molecule has 2 aliphatic rings. The molecule has 1 spiro atoms. The zero-order valence-electron chi connectivity index (χ0n) is 12.2. The lowest BCUT2D eigenvalue weighted by atomic mass is 9.79. The van der Waals surface area contributed by atoms with E-state index >= 15 is 0 Å². The summed E-state index contributed by atoms with van der Waals surface area (Å²) in [6.07, 6.45) is 3.68. The predicted octanol–water partition coefficient (Wildman–Crippen LogP) is 2.69. The Kier molecular flexibility index (Phi) is 2.91. The molecule has 0 aliphatic carbocycles. The predicted molar refractivity (Wildman–Crippen MR) is 71.8 cm³/mol. The average Bonchev–Trinajstić information content (AvgIpc) is 2.96. The van der Waals surface area contributed by atoms with E-state index in [-0.39, 0.29) is 11.2 Å². The van der Waals surface area contributed by atoms with Gasteiger partial charge in [0.1, 0.15) is 11.3 Å². The van der Waals surface area contributed by atoms with Crippen molar-refractivity contribution < 1.29 is 9.47 Å². The molecule has 4 heteroatoms. The number of hydrogen-bond acceptors (Lipinski definition) is 4. The largest absolute Gasteiger partial charge is 0.378 e. The molecule has 1 fully saturated rings. The molecule has 2 atom stereocenters. The number of fused-ring (bicyclic) bond motifs is 2. The molecular formula is C15H22N2O2. The standard InChI is InChI=1S/C15H22N2O2/c1-5-15(10(2)3)12-11(4)8-16-17-13(12)14(19-15)6-7-18-9-14/h8,10H,5-7,9H2,1-4H3. The summed E-state index contributed by atoms with van der Waals surface area (Å²) >= 11 is 0. The van der Waals surface area contributed by atoms with Gasteiger partial charge < -0.3 is 9.47 Å². The molecule has 0 saturated carbocycles. The van der Waals surface area contributed by atoms with Crippen molar-refractivity contribution in [3.05, 3.63) is 23.0 Å². The maximum absolute atomic E-state index is 6.63. The Labute approximate surface area is 114 Å². The number of hydrogen-bond donors (Lipinski definition) is 0. The Morgan fingerprint density at radius 3 is 2.79 bits per heavy atom. The minimum Gasteiger partial charge on any atom is -0.378 e. The smallest absolute Gasteiger partial charge is 0.139 e. The fourth-order valence-electron chi connectivity index (χ4n) is 3.65. The molecule has 3 heterocycles. The molecular weight excluding hydrogens is 240 g/mol. The van der Waals surface area contributed by atoms with E-state index in [9.17, 15) is 0 Å².